The Morgan fingerprint density at radius 2 is 1.72 bits per heavy atom. The summed E-state index contributed by atoms with van der Waals surface area (Å²) in [5, 5.41) is 2.80. The number of carbonyl (C=O) groups excluding carboxylic acids is 3. The number of benzene rings is 3. The fourth-order valence-corrected chi connectivity index (χ4v) is 4.63. The number of rotatable bonds is 6. The lowest BCUT2D eigenvalue weighted by Crippen LogP contribution is -2.30. The van der Waals surface area contributed by atoms with Gasteiger partial charge in [-0.15, -0.1) is 0 Å². The van der Waals surface area contributed by atoms with Crippen molar-refractivity contribution in [3.05, 3.63) is 95.1 Å². The third-order valence-electron chi connectivity index (χ3n) is 6.65. The Balaban J connectivity index is 1.21. The summed E-state index contributed by atoms with van der Waals surface area (Å²) in [7, 11) is 0. The summed E-state index contributed by atoms with van der Waals surface area (Å²) in [6, 6.07) is 21.9. The SMILES string of the molecule is CC(OC(=O)c1ccc2c(c1)CC(c1ccccc1)OC2=O)C(=O)Nc1ccc(N2CCCC2)cc1. The number of fused-ring (bicyclic) bond motifs is 1. The molecule has 1 amide bonds. The highest BCUT2D eigenvalue weighted by Gasteiger charge is 2.29. The molecule has 1 fully saturated rings. The first-order valence-corrected chi connectivity index (χ1v) is 12.2. The maximum absolute atomic E-state index is 12.8. The smallest absolute Gasteiger partial charge is 0.339 e. The van der Waals surface area contributed by atoms with E-state index >= 15 is 0 Å². The van der Waals surface area contributed by atoms with Crippen LogP contribution < -0.4 is 10.2 Å². The van der Waals surface area contributed by atoms with Crippen LogP contribution >= 0.6 is 0 Å². The Morgan fingerprint density at radius 1 is 1.00 bits per heavy atom. The molecule has 2 aliphatic heterocycles. The maximum Gasteiger partial charge on any atom is 0.339 e. The van der Waals surface area contributed by atoms with Gasteiger partial charge in [0.25, 0.3) is 5.91 Å². The average Bonchev–Trinajstić information content (AvgIpc) is 3.44. The quantitative estimate of drug-likeness (QED) is 0.500. The van der Waals surface area contributed by atoms with Crippen molar-refractivity contribution in [1.82, 2.24) is 0 Å². The first-order chi connectivity index (χ1) is 17.5. The molecule has 7 heteroatoms. The number of amides is 1. The number of ether oxygens (including phenoxy) is 2. The third-order valence-corrected chi connectivity index (χ3v) is 6.65. The highest BCUT2D eigenvalue weighted by atomic mass is 16.6. The van der Waals surface area contributed by atoms with Crippen molar-refractivity contribution in [2.24, 2.45) is 0 Å². The van der Waals surface area contributed by atoms with Crippen molar-refractivity contribution < 1.29 is 23.9 Å². The minimum absolute atomic E-state index is 0.282. The van der Waals surface area contributed by atoms with E-state index in [0.717, 1.165) is 24.3 Å². The fraction of sp³-hybridized carbons (Fsp3) is 0.276. The molecule has 3 aromatic carbocycles. The van der Waals surface area contributed by atoms with E-state index in [1.807, 2.05) is 54.6 Å². The van der Waals surface area contributed by atoms with Crippen LogP contribution in [0.4, 0.5) is 11.4 Å². The Labute approximate surface area is 210 Å². The van der Waals surface area contributed by atoms with Crippen molar-refractivity contribution in [2.75, 3.05) is 23.3 Å². The topological polar surface area (TPSA) is 84.9 Å². The maximum atomic E-state index is 12.8. The Kier molecular flexibility index (Phi) is 6.71. The molecule has 0 spiro atoms. The van der Waals surface area contributed by atoms with Gasteiger partial charge in [0.15, 0.2) is 6.10 Å². The summed E-state index contributed by atoms with van der Waals surface area (Å²) < 4.78 is 11.0. The molecule has 36 heavy (non-hydrogen) atoms. The number of esters is 2. The molecular weight excluding hydrogens is 456 g/mol. The Bertz CT molecular complexity index is 1270. The molecule has 7 nitrogen and oxygen atoms in total. The minimum atomic E-state index is -0.992. The number of cyclic esters (lactones) is 1. The van der Waals surface area contributed by atoms with E-state index in [-0.39, 0.29) is 5.56 Å². The van der Waals surface area contributed by atoms with E-state index in [4.69, 9.17) is 9.47 Å². The number of anilines is 2. The molecule has 2 heterocycles. The predicted octanol–water partition coefficient (Wildman–Crippen LogP) is 4.93. The number of nitrogens with one attached hydrogen (secondary N) is 1. The summed E-state index contributed by atoms with van der Waals surface area (Å²) in [5.74, 6) is -1.46. The number of nitrogens with zero attached hydrogens (tertiary/aromatic N) is 1. The summed E-state index contributed by atoms with van der Waals surface area (Å²) in [6.45, 7) is 3.64. The third kappa shape index (κ3) is 5.10. The molecule has 0 saturated carbocycles. The molecule has 3 aromatic rings. The molecular formula is C29H28N2O5. The molecule has 1 saturated heterocycles. The van der Waals surface area contributed by atoms with Crippen LogP contribution in [0, 0.1) is 0 Å². The summed E-state index contributed by atoms with van der Waals surface area (Å²) in [4.78, 5) is 40.2. The minimum Gasteiger partial charge on any atom is -0.454 e. The zero-order chi connectivity index (χ0) is 25.1. The van der Waals surface area contributed by atoms with Gasteiger partial charge in [0.1, 0.15) is 6.10 Å². The molecule has 0 aromatic heterocycles. The van der Waals surface area contributed by atoms with E-state index in [9.17, 15) is 14.4 Å². The van der Waals surface area contributed by atoms with Gasteiger partial charge in [-0.05, 0) is 73.4 Å². The van der Waals surface area contributed by atoms with Gasteiger partial charge in [0.2, 0.25) is 0 Å². The lowest BCUT2D eigenvalue weighted by Gasteiger charge is -2.25. The second kappa shape index (κ2) is 10.2. The molecule has 0 aliphatic carbocycles. The van der Waals surface area contributed by atoms with E-state index in [2.05, 4.69) is 10.2 Å². The lowest BCUT2D eigenvalue weighted by molar-refractivity contribution is -0.123. The zero-order valence-corrected chi connectivity index (χ0v) is 20.1. The van der Waals surface area contributed by atoms with Crippen molar-refractivity contribution >= 4 is 29.2 Å². The van der Waals surface area contributed by atoms with Gasteiger partial charge in [-0.25, -0.2) is 9.59 Å². The van der Waals surface area contributed by atoms with Gasteiger partial charge >= 0.3 is 11.9 Å². The van der Waals surface area contributed by atoms with Crippen molar-refractivity contribution in [3.63, 3.8) is 0 Å². The van der Waals surface area contributed by atoms with Crippen LogP contribution in [0.1, 0.15) is 57.7 Å². The molecule has 2 aliphatic rings. The first kappa shape index (κ1) is 23.6. The van der Waals surface area contributed by atoms with Gasteiger partial charge < -0.3 is 19.7 Å². The van der Waals surface area contributed by atoms with Gasteiger partial charge in [-0.3, -0.25) is 4.79 Å². The van der Waals surface area contributed by atoms with Crippen molar-refractivity contribution in [1.29, 1.82) is 0 Å². The molecule has 0 bridgehead atoms. The molecule has 5 rings (SSSR count). The highest BCUT2D eigenvalue weighted by molar-refractivity contribution is 5.98. The average molecular weight is 485 g/mol. The molecule has 184 valence electrons. The lowest BCUT2D eigenvalue weighted by atomic mass is 9.93. The predicted molar refractivity (Wildman–Crippen MR) is 136 cm³/mol. The van der Waals surface area contributed by atoms with E-state index < -0.39 is 30.1 Å². The number of hydrogen-bond acceptors (Lipinski definition) is 6. The van der Waals surface area contributed by atoms with E-state index in [1.54, 1.807) is 12.1 Å². The monoisotopic (exact) mass is 484 g/mol. The summed E-state index contributed by atoms with van der Waals surface area (Å²) >= 11 is 0. The van der Waals surface area contributed by atoms with Gasteiger partial charge in [0.05, 0.1) is 11.1 Å². The second-order valence-corrected chi connectivity index (χ2v) is 9.16. The van der Waals surface area contributed by atoms with Crippen LogP contribution in [0.2, 0.25) is 0 Å². The molecule has 0 radical (unpaired) electrons. The van der Waals surface area contributed by atoms with Crippen LogP contribution in [-0.2, 0) is 20.7 Å². The van der Waals surface area contributed by atoms with Crippen LogP contribution in [0.15, 0.2) is 72.8 Å². The zero-order valence-electron chi connectivity index (χ0n) is 20.1. The normalized spacial score (nSPS) is 17.6. The standard InChI is InChI=1S/C29H28N2O5/c1-19(27(32)30-23-10-12-24(13-11-23)31-15-5-6-16-31)35-28(33)21-9-14-25-22(17-21)18-26(36-29(25)34)20-7-3-2-4-8-20/h2-4,7-14,17,19,26H,5-6,15-16,18H2,1H3,(H,30,32). The van der Waals surface area contributed by atoms with Crippen LogP contribution in [0.25, 0.3) is 0 Å². The van der Waals surface area contributed by atoms with Gasteiger partial charge in [-0.1, -0.05) is 30.3 Å². The highest BCUT2D eigenvalue weighted by Crippen LogP contribution is 2.31. The summed E-state index contributed by atoms with van der Waals surface area (Å²) in [6.07, 6.45) is 1.44. The van der Waals surface area contributed by atoms with Crippen LogP contribution in [0.3, 0.4) is 0 Å². The Hall–Kier alpha value is -4.13. The van der Waals surface area contributed by atoms with Gasteiger partial charge in [0, 0.05) is 30.9 Å². The van der Waals surface area contributed by atoms with Crippen LogP contribution in [-0.4, -0.2) is 37.0 Å². The summed E-state index contributed by atoms with van der Waals surface area (Å²) in [5.41, 5.74) is 4.10. The molecule has 2 unspecified atom stereocenters. The van der Waals surface area contributed by atoms with Gasteiger partial charge in [-0.2, -0.15) is 0 Å². The second-order valence-electron chi connectivity index (χ2n) is 9.16. The molecule has 2 atom stereocenters. The van der Waals surface area contributed by atoms with E-state index in [0.29, 0.717) is 23.2 Å². The number of carbonyl (C=O) groups is 3. The largest absolute Gasteiger partial charge is 0.454 e. The Morgan fingerprint density at radius 3 is 2.44 bits per heavy atom. The fourth-order valence-electron chi connectivity index (χ4n) is 4.63. The first-order valence-electron chi connectivity index (χ1n) is 12.2. The van der Waals surface area contributed by atoms with Crippen LogP contribution in [0.5, 0.6) is 0 Å². The number of hydrogen-bond donors (Lipinski definition) is 1. The van der Waals surface area contributed by atoms with Crippen molar-refractivity contribution in [3.8, 4) is 0 Å². The molecule has 1 N–H and O–H groups in total. The van der Waals surface area contributed by atoms with E-state index in [1.165, 1.54) is 25.8 Å². The van der Waals surface area contributed by atoms with Crippen molar-refractivity contribution in [2.45, 2.75) is 38.4 Å².